The predicted molar refractivity (Wildman–Crippen MR) is 224 cm³/mol. The molecule has 0 aromatic heterocycles. The van der Waals surface area contributed by atoms with Crippen molar-refractivity contribution in [3.05, 3.63) is 85.1 Å². The molecule has 0 aromatic rings. The summed E-state index contributed by atoms with van der Waals surface area (Å²) in [4.78, 5) is 35.2. The SMILES string of the molecule is CC/C=C/C/C=C/C/C=C/C/C=C/C/C=C/C/C=C/CCC(=O)OC[C@@H](COP(=O)(O)OCC[N+](C)(C)C)OC(=O)CCCCCCC/C=C/CCCC. The smallest absolute Gasteiger partial charge is 0.462 e. The highest BCUT2D eigenvalue weighted by atomic mass is 31.2. The number of unbranched alkanes of at least 4 members (excludes halogenated alkanes) is 7. The first-order valence-electron chi connectivity index (χ1n) is 20.3. The van der Waals surface area contributed by atoms with Gasteiger partial charge in [-0.3, -0.25) is 18.6 Å². The Morgan fingerprint density at radius 1 is 0.593 bits per heavy atom. The maximum absolute atomic E-state index is 12.6. The van der Waals surface area contributed by atoms with E-state index >= 15 is 0 Å². The lowest BCUT2D eigenvalue weighted by molar-refractivity contribution is -0.870. The van der Waals surface area contributed by atoms with Gasteiger partial charge in [-0.05, 0) is 70.6 Å². The summed E-state index contributed by atoms with van der Waals surface area (Å²) < 4.78 is 34.1. The average molecular weight is 777 g/mol. The minimum absolute atomic E-state index is 0.0143. The van der Waals surface area contributed by atoms with E-state index in [-0.39, 0.29) is 26.1 Å². The molecule has 0 aromatic carbocycles. The van der Waals surface area contributed by atoms with E-state index in [0.29, 0.717) is 23.9 Å². The lowest BCUT2D eigenvalue weighted by Gasteiger charge is -2.24. The molecular formula is C44H75NO8P+. The maximum atomic E-state index is 12.6. The second-order valence-electron chi connectivity index (χ2n) is 14.3. The van der Waals surface area contributed by atoms with Crippen LogP contribution in [0, 0.1) is 0 Å². The summed E-state index contributed by atoms with van der Waals surface area (Å²) in [6.45, 7) is 4.13. The molecule has 0 fully saturated rings. The minimum Gasteiger partial charge on any atom is -0.462 e. The van der Waals surface area contributed by atoms with E-state index in [1.807, 2.05) is 33.3 Å². The molecule has 54 heavy (non-hydrogen) atoms. The number of phosphoric ester groups is 1. The molecule has 0 aliphatic rings. The van der Waals surface area contributed by atoms with Gasteiger partial charge < -0.3 is 18.9 Å². The van der Waals surface area contributed by atoms with Crippen LogP contribution < -0.4 is 0 Å². The molecule has 2 atom stereocenters. The largest absolute Gasteiger partial charge is 0.472 e. The zero-order valence-corrected chi connectivity index (χ0v) is 35.3. The number of allylic oxidation sites excluding steroid dienone is 14. The van der Waals surface area contributed by atoms with E-state index in [0.717, 1.165) is 77.0 Å². The molecule has 0 aliphatic heterocycles. The molecule has 1 unspecified atom stereocenters. The summed E-state index contributed by atoms with van der Waals surface area (Å²) in [6.07, 6.45) is 45.1. The number of hydrogen-bond acceptors (Lipinski definition) is 7. The molecule has 0 amide bonds. The van der Waals surface area contributed by atoms with Crippen molar-refractivity contribution in [3.63, 3.8) is 0 Å². The Morgan fingerprint density at radius 2 is 1.09 bits per heavy atom. The zero-order chi connectivity index (χ0) is 40.0. The van der Waals surface area contributed by atoms with Crippen LogP contribution in [0.25, 0.3) is 0 Å². The fourth-order valence-corrected chi connectivity index (χ4v) is 5.47. The van der Waals surface area contributed by atoms with Gasteiger partial charge in [-0.1, -0.05) is 131 Å². The van der Waals surface area contributed by atoms with Gasteiger partial charge in [-0.2, -0.15) is 0 Å². The molecule has 9 nitrogen and oxygen atoms in total. The Labute approximate surface area is 329 Å². The van der Waals surface area contributed by atoms with Crippen molar-refractivity contribution in [2.24, 2.45) is 0 Å². The summed E-state index contributed by atoms with van der Waals surface area (Å²) in [6, 6.07) is 0. The number of phosphoric acid groups is 1. The molecule has 10 heteroatoms. The van der Waals surface area contributed by atoms with Crippen LogP contribution in [-0.2, 0) is 32.7 Å². The highest BCUT2D eigenvalue weighted by molar-refractivity contribution is 7.47. The first-order valence-corrected chi connectivity index (χ1v) is 21.8. The third-order valence-corrected chi connectivity index (χ3v) is 8.91. The lowest BCUT2D eigenvalue weighted by atomic mass is 10.1. The molecule has 0 heterocycles. The number of carbonyl (C=O) groups excluding carboxylic acids is 2. The molecule has 0 saturated carbocycles. The third kappa shape index (κ3) is 38.9. The Bertz CT molecular complexity index is 1200. The minimum atomic E-state index is -4.39. The van der Waals surface area contributed by atoms with Gasteiger partial charge in [0.05, 0.1) is 27.7 Å². The number of esters is 2. The first kappa shape index (κ1) is 51.2. The van der Waals surface area contributed by atoms with Gasteiger partial charge in [0.25, 0.3) is 0 Å². The molecule has 0 bridgehead atoms. The molecule has 0 radical (unpaired) electrons. The van der Waals surface area contributed by atoms with Crippen molar-refractivity contribution in [1.29, 1.82) is 0 Å². The normalized spacial score (nSPS) is 14.6. The van der Waals surface area contributed by atoms with E-state index in [2.05, 4.69) is 86.8 Å². The van der Waals surface area contributed by atoms with E-state index in [1.54, 1.807) is 0 Å². The van der Waals surface area contributed by atoms with E-state index in [1.165, 1.54) is 12.8 Å². The average Bonchev–Trinajstić information content (AvgIpc) is 3.12. The third-order valence-electron chi connectivity index (χ3n) is 7.92. The second kappa shape index (κ2) is 35.9. The standard InChI is InChI=1S/C44H74NO8P/c1-6-8-10-12-14-16-18-19-20-21-22-23-24-25-27-28-30-32-34-36-43(46)50-40-42(41-52-54(48,49)51-39-38-45(3,4)5)53-44(47)37-35-33-31-29-26-17-15-13-11-9-7-2/h8,10,13-16,19-20,22-23,25,27,30,32,42H,6-7,9,11-12,17-18,21,24,26,28-29,31,33-41H2,1-5H3/p+1/b10-8+,15-13+,16-14+,20-19+,23-22+,27-25+,32-30+/t42-/m0/s1. The number of likely N-dealkylation sites (N-methyl/N-ethyl adjacent to an activating group) is 1. The van der Waals surface area contributed by atoms with Crippen LogP contribution in [0.1, 0.15) is 129 Å². The molecule has 1 N–H and O–H groups in total. The van der Waals surface area contributed by atoms with E-state index < -0.39 is 32.5 Å². The van der Waals surface area contributed by atoms with E-state index in [4.69, 9.17) is 18.5 Å². The number of nitrogens with zero attached hydrogens (tertiary/aromatic N) is 1. The summed E-state index contributed by atoms with van der Waals surface area (Å²) in [5.74, 6) is -0.919. The molecule has 0 aliphatic carbocycles. The Kier molecular flexibility index (Phi) is 34.0. The number of rotatable bonds is 35. The molecule has 0 saturated heterocycles. The number of hydrogen-bond donors (Lipinski definition) is 1. The summed E-state index contributed by atoms with van der Waals surface area (Å²) in [7, 11) is 1.42. The van der Waals surface area contributed by atoms with Crippen LogP contribution >= 0.6 is 7.82 Å². The maximum Gasteiger partial charge on any atom is 0.472 e. The zero-order valence-electron chi connectivity index (χ0n) is 34.4. The first-order chi connectivity index (χ1) is 26.0. The van der Waals surface area contributed by atoms with Crippen LogP contribution in [0.2, 0.25) is 0 Å². The molecule has 308 valence electrons. The summed E-state index contributed by atoms with van der Waals surface area (Å²) in [5, 5.41) is 0. The van der Waals surface area contributed by atoms with E-state index in [9.17, 15) is 19.0 Å². The fourth-order valence-electron chi connectivity index (χ4n) is 4.72. The lowest BCUT2D eigenvalue weighted by Crippen LogP contribution is -2.37. The van der Waals surface area contributed by atoms with Gasteiger partial charge in [0.15, 0.2) is 6.10 Å². The van der Waals surface area contributed by atoms with Gasteiger partial charge in [0.1, 0.15) is 19.8 Å². The number of carbonyl (C=O) groups is 2. The highest BCUT2D eigenvalue weighted by Crippen LogP contribution is 2.43. The van der Waals surface area contributed by atoms with Crippen molar-refractivity contribution in [2.75, 3.05) is 47.5 Å². The Hall–Kier alpha value is -2.81. The number of ether oxygens (including phenoxy) is 2. The second-order valence-corrected chi connectivity index (χ2v) is 15.7. The quantitative estimate of drug-likeness (QED) is 0.0223. The van der Waals surface area contributed by atoms with Crippen LogP contribution in [0.4, 0.5) is 0 Å². The predicted octanol–water partition coefficient (Wildman–Crippen LogP) is 11.2. The molecule has 0 rings (SSSR count). The topological polar surface area (TPSA) is 108 Å². The van der Waals surface area contributed by atoms with Crippen molar-refractivity contribution in [1.82, 2.24) is 0 Å². The highest BCUT2D eigenvalue weighted by Gasteiger charge is 2.27. The molecule has 0 spiro atoms. The molecular weight excluding hydrogens is 701 g/mol. The van der Waals surface area contributed by atoms with Gasteiger partial charge in [-0.15, -0.1) is 0 Å². The van der Waals surface area contributed by atoms with Crippen LogP contribution in [-0.4, -0.2) is 74.9 Å². The van der Waals surface area contributed by atoms with Crippen molar-refractivity contribution in [3.8, 4) is 0 Å². The Morgan fingerprint density at radius 3 is 1.65 bits per heavy atom. The van der Waals surface area contributed by atoms with Gasteiger partial charge in [0.2, 0.25) is 0 Å². The fraction of sp³-hybridized carbons (Fsp3) is 0.636. The van der Waals surface area contributed by atoms with Crippen molar-refractivity contribution >= 4 is 19.8 Å². The van der Waals surface area contributed by atoms with Crippen LogP contribution in [0.15, 0.2) is 85.1 Å². The van der Waals surface area contributed by atoms with Crippen LogP contribution in [0.3, 0.4) is 0 Å². The van der Waals surface area contributed by atoms with Crippen molar-refractivity contribution in [2.45, 2.75) is 136 Å². The Balaban J connectivity index is 4.53. The van der Waals surface area contributed by atoms with Crippen molar-refractivity contribution < 1.29 is 42.1 Å². The monoisotopic (exact) mass is 777 g/mol. The van der Waals surface area contributed by atoms with Crippen LogP contribution in [0.5, 0.6) is 0 Å². The van der Waals surface area contributed by atoms with Gasteiger partial charge in [0, 0.05) is 12.8 Å². The summed E-state index contributed by atoms with van der Waals surface area (Å²) >= 11 is 0. The number of quaternary nitrogens is 1. The summed E-state index contributed by atoms with van der Waals surface area (Å²) in [5.41, 5.74) is 0. The van der Waals surface area contributed by atoms with Gasteiger partial charge in [-0.25, -0.2) is 4.57 Å². The van der Waals surface area contributed by atoms with Gasteiger partial charge >= 0.3 is 19.8 Å².